The van der Waals surface area contributed by atoms with Gasteiger partial charge in [0.15, 0.2) is 0 Å². The average molecular weight is 294 g/mol. The number of aromatic nitrogens is 1. The molecule has 2 rings (SSSR count). The van der Waals surface area contributed by atoms with Gasteiger partial charge in [0, 0.05) is 12.1 Å². The van der Waals surface area contributed by atoms with Crippen molar-refractivity contribution in [2.45, 2.75) is 6.61 Å². The Hall–Kier alpha value is -2.34. The Morgan fingerprint density at radius 2 is 2.05 bits per heavy atom. The maximum absolute atomic E-state index is 10.8. The van der Waals surface area contributed by atoms with Gasteiger partial charge >= 0.3 is 0 Å². The molecule has 0 radical (unpaired) electrons. The minimum atomic E-state index is -0.488. The molecule has 1 N–H and O–H groups in total. The van der Waals surface area contributed by atoms with Crippen LogP contribution in [0.2, 0.25) is 5.02 Å². The SMILES string of the molecule is CNc1cc([N+](=O)[O-])cc(OCc2ccc(Cl)cc2)n1. The molecular weight excluding hydrogens is 282 g/mol. The van der Waals surface area contributed by atoms with E-state index < -0.39 is 4.92 Å². The minimum absolute atomic E-state index is 0.0737. The van der Waals surface area contributed by atoms with Crippen molar-refractivity contribution in [2.75, 3.05) is 12.4 Å². The number of nitrogens with one attached hydrogen (secondary N) is 1. The number of nitro groups is 1. The van der Waals surface area contributed by atoms with Crippen LogP contribution in [0.15, 0.2) is 36.4 Å². The van der Waals surface area contributed by atoms with Gasteiger partial charge < -0.3 is 10.1 Å². The fourth-order valence-corrected chi connectivity index (χ4v) is 1.66. The van der Waals surface area contributed by atoms with Gasteiger partial charge in [0.05, 0.1) is 17.1 Å². The molecular formula is C13H12ClN3O3. The summed E-state index contributed by atoms with van der Waals surface area (Å²) in [4.78, 5) is 14.4. The van der Waals surface area contributed by atoms with Gasteiger partial charge in [-0.05, 0) is 17.7 Å². The Bertz CT molecular complexity index is 617. The van der Waals surface area contributed by atoms with Crippen LogP contribution >= 0.6 is 11.6 Å². The number of anilines is 1. The van der Waals surface area contributed by atoms with Gasteiger partial charge in [-0.3, -0.25) is 10.1 Å². The van der Waals surface area contributed by atoms with Crippen LogP contribution in [0.1, 0.15) is 5.56 Å². The number of hydrogen-bond donors (Lipinski definition) is 1. The Morgan fingerprint density at radius 1 is 1.35 bits per heavy atom. The molecule has 0 saturated heterocycles. The second kappa shape index (κ2) is 6.21. The highest BCUT2D eigenvalue weighted by Crippen LogP contribution is 2.22. The molecule has 0 aliphatic rings. The molecule has 0 aliphatic heterocycles. The molecule has 0 unspecified atom stereocenters. The largest absolute Gasteiger partial charge is 0.473 e. The lowest BCUT2D eigenvalue weighted by atomic mass is 10.2. The number of halogens is 1. The molecule has 0 bridgehead atoms. The smallest absolute Gasteiger partial charge is 0.278 e. The Balaban J connectivity index is 2.14. The lowest BCUT2D eigenvalue weighted by molar-refractivity contribution is -0.384. The van der Waals surface area contributed by atoms with Crippen molar-refractivity contribution >= 4 is 23.1 Å². The molecule has 0 aliphatic carbocycles. The molecule has 2 aromatic rings. The molecule has 0 fully saturated rings. The molecule has 1 aromatic carbocycles. The van der Waals surface area contributed by atoms with Crippen LogP contribution in [-0.4, -0.2) is 17.0 Å². The first kappa shape index (κ1) is 14.1. The standard InChI is InChI=1S/C13H12ClN3O3/c1-15-12-6-11(17(18)19)7-13(16-12)20-8-9-2-4-10(14)5-3-9/h2-7H,8H2,1H3,(H,15,16). The van der Waals surface area contributed by atoms with Crippen molar-refractivity contribution in [1.82, 2.24) is 4.98 Å². The highest BCUT2D eigenvalue weighted by molar-refractivity contribution is 6.30. The monoisotopic (exact) mass is 293 g/mol. The predicted octanol–water partition coefficient (Wildman–Crippen LogP) is 3.26. The molecule has 104 valence electrons. The fourth-order valence-electron chi connectivity index (χ4n) is 1.54. The van der Waals surface area contributed by atoms with Gasteiger partial charge in [-0.25, -0.2) is 0 Å². The van der Waals surface area contributed by atoms with Crippen molar-refractivity contribution in [1.29, 1.82) is 0 Å². The summed E-state index contributed by atoms with van der Waals surface area (Å²) < 4.78 is 5.47. The second-order valence-corrected chi connectivity index (χ2v) is 4.41. The number of nitrogens with zero attached hydrogens (tertiary/aromatic N) is 2. The molecule has 20 heavy (non-hydrogen) atoms. The highest BCUT2D eigenvalue weighted by Gasteiger charge is 2.11. The summed E-state index contributed by atoms with van der Waals surface area (Å²) in [6, 6.07) is 9.77. The van der Waals surface area contributed by atoms with E-state index in [1.54, 1.807) is 19.2 Å². The molecule has 6 nitrogen and oxygen atoms in total. The maximum Gasteiger partial charge on any atom is 0.278 e. The quantitative estimate of drug-likeness (QED) is 0.676. The first-order valence-corrected chi connectivity index (χ1v) is 6.18. The van der Waals surface area contributed by atoms with Crippen LogP contribution in [0.5, 0.6) is 5.88 Å². The van der Waals surface area contributed by atoms with Gasteiger partial charge in [-0.1, -0.05) is 23.7 Å². The first-order chi connectivity index (χ1) is 9.58. The molecule has 0 atom stereocenters. The summed E-state index contributed by atoms with van der Waals surface area (Å²) in [6.45, 7) is 0.258. The Labute approximate surface area is 120 Å². The van der Waals surface area contributed by atoms with Crippen LogP contribution < -0.4 is 10.1 Å². The van der Waals surface area contributed by atoms with E-state index in [1.807, 2.05) is 12.1 Å². The fraction of sp³-hybridized carbons (Fsp3) is 0.154. The third-order valence-corrected chi connectivity index (χ3v) is 2.81. The molecule has 1 aromatic heterocycles. The topological polar surface area (TPSA) is 77.3 Å². The van der Waals surface area contributed by atoms with Crippen LogP contribution in [0.25, 0.3) is 0 Å². The Kier molecular flexibility index (Phi) is 4.37. The van der Waals surface area contributed by atoms with E-state index in [0.29, 0.717) is 10.8 Å². The van der Waals surface area contributed by atoms with E-state index in [9.17, 15) is 10.1 Å². The molecule has 0 spiro atoms. The van der Waals surface area contributed by atoms with Crippen molar-refractivity contribution in [3.8, 4) is 5.88 Å². The minimum Gasteiger partial charge on any atom is -0.473 e. The zero-order valence-electron chi connectivity index (χ0n) is 10.7. The van der Waals surface area contributed by atoms with Crippen LogP contribution in [0.4, 0.5) is 11.5 Å². The van der Waals surface area contributed by atoms with Gasteiger partial charge in [-0.15, -0.1) is 0 Å². The average Bonchev–Trinajstić information content (AvgIpc) is 2.46. The van der Waals surface area contributed by atoms with Gasteiger partial charge in [0.2, 0.25) is 5.88 Å². The zero-order valence-corrected chi connectivity index (χ0v) is 11.4. The van der Waals surface area contributed by atoms with Crippen LogP contribution in [0, 0.1) is 10.1 Å². The van der Waals surface area contributed by atoms with Crippen molar-refractivity contribution < 1.29 is 9.66 Å². The number of ether oxygens (including phenoxy) is 1. The maximum atomic E-state index is 10.8. The Morgan fingerprint density at radius 3 is 2.65 bits per heavy atom. The van der Waals surface area contributed by atoms with E-state index in [4.69, 9.17) is 16.3 Å². The number of pyridine rings is 1. The third kappa shape index (κ3) is 3.58. The van der Waals surface area contributed by atoms with E-state index in [2.05, 4.69) is 10.3 Å². The lowest BCUT2D eigenvalue weighted by Gasteiger charge is -2.07. The predicted molar refractivity (Wildman–Crippen MR) is 76.2 cm³/mol. The van der Waals surface area contributed by atoms with E-state index in [-0.39, 0.29) is 18.2 Å². The zero-order chi connectivity index (χ0) is 14.5. The van der Waals surface area contributed by atoms with Gasteiger partial charge in [-0.2, -0.15) is 4.98 Å². The van der Waals surface area contributed by atoms with E-state index >= 15 is 0 Å². The van der Waals surface area contributed by atoms with Gasteiger partial charge in [0.1, 0.15) is 12.4 Å². The van der Waals surface area contributed by atoms with Crippen molar-refractivity contribution in [2.24, 2.45) is 0 Å². The molecule has 0 amide bonds. The number of benzene rings is 1. The first-order valence-electron chi connectivity index (χ1n) is 5.80. The van der Waals surface area contributed by atoms with E-state index in [1.165, 1.54) is 12.1 Å². The number of hydrogen-bond acceptors (Lipinski definition) is 5. The van der Waals surface area contributed by atoms with Crippen LogP contribution in [0.3, 0.4) is 0 Å². The van der Waals surface area contributed by atoms with Crippen molar-refractivity contribution in [3.63, 3.8) is 0 Å². The van der Waals surface area contributed by atoms with Crippen molar-refractivity contribution in [3.05, 3.63) is 57.1 Å². The summed E-state index contributed by atoms with van der Waals surface area (Å²) in [5.41, 5.74) is 0.823. The third-order valence-electron chi connectivity index (χ3n) is 2.55. The summed E-state index contributed by atoms with van der Waals surface area (Å²) in [5.74, 6) is 0.573. The molecule has 0 saturated carbocycles. The summed E-state index contributed by atoms with van der Waals surface area (Å²) >= 11 is 5.79. The summed E-state index contributed by atoms with van der Waals surface area (Å²) in [7, 11) is 1.63. The summed E-state index contributed by atoms with van der Waals surface area (Å²) in [5, 5.41) is 14.2. The second-order valence-electron chi connectivity index (χ2n) is 3.97. The van der Waals surface area contributed by atoms with Crippen LogP contribution in [-0.2, 0) is 6.61 Å². The van der Waals surface area contributed by atoms with Gasteiger partial charge in [0.25, 0.3) is 5.69 Å². The number of rotatable bonds is 5. The lowest BCUT2D eigenvalue weighted by Crippen LogP contribution is -2.01. The normalized spacial score (nSPS) is 10.1. The molecule has 7 heteroatoms. The molecule has 1 heterocycles. The van der Waals surface area contributed by atoms with E-state index in [0.717, 1.165) is 5.56 Å². The highest BCUT2D eigenvalue weighted by atomic mass is 35.5. The summed E-state index contributed by atoms with van der Waals surface area (Å²) in [6.07, 6.45) is 0.